The molecule has 1 aliphatic carbocycles. The van der Waals surface area contributed by atoms with Crippen LogP contribution in [-0.4, -0.2) is 0 Å². The third kappa shape index (κ3) is 3.40. The third-order valence-corrected chi connectivity index (χ3v) is 2.98. The van der Waals surface area contributed by atoms with E-state index in [0.717, 1.165) is 12.0 Å². The largest absolute Gasteiger partial charge is 0.171 e. The quantitative estimate of drug-likeness (QED) is 0.636. The maximum Gasteiger partial charge on any atom is -0.0230 e. The van der Waals surface area contributed by atoms with Crippen molar-refractivity contribution in [2.24, 2.45) is 5.41 Å². The molecule has 0 saturated heterocycles. The highest BCUT2D eigenvalue weighted by molar-refractivity contribution is 5.78. The Morgan fingerprint density at radius 3 is 2.22 bits per heavy atom. The third-order valence-electron chi connectivity index (χ3n) is 2.98. The van der Waals surface area contributed by atoms with Gasteiger partial charge in [-0.05, 0) is 17.4 Å². The van der Waals surface area contributed by atoms with Crippen LogP contribution in [-0.2, 0) is 6.42 Å². The normalized spacial score (nSPS) is 15.3. The molecule has 1 aromatic rings. The maximum absolute atomic E-state index is 3.91. The van der Waals surface area contributed by atoms with E-state index in [0.29, 0.717) is 5.41 Å². The zero-order valence-electron chi connectivity index (χ0n) is 11.5. The minimum atomic E-state index is 0.344. The second kappa shape index (κ2) is 4.89. The minimum absolute atomic E-state index is 0.344. The van der Waals surface area contributed by atoms with Crippen LogP contribution in [0.2, 0.25) is 0 Å². The summed E-state index contributed by atoms with van der Waals surface area (Å²) < 4.78 is 0. The van der Waals surface area contributed by atoms with Crippen LogP contribution in [0.5, 0.6) is 0 Å². The molecule has 0 atom stereocenters. The van der Waals surface area contributed by atoms with Crippen molar-refractivity contribution in [3.05, 3.63) is 72.2 Å². The summed E-state index contributed by atoms with van der Waals surface area (Å²) in [6, 6.07) is 8.88. The van der Waals surface area contributed by atoms with E-state index in [2.05, 4.69) is 76.3 Å². The molecular weight excluding hydrogens is 216 g/mol. The van der Waals surface area contributed by atoms with Crippen molar-refractivity contribution in [2.75, 3.05) is 0 Å². The molecule has 0 saturated carbocycles. The summed E-state index contributed by atoms with van der Waals surface area (Å²) in [7, 11) is 0. The minimum Gasteiger partial charge on any atom is -0.171 e. The molecule has 1 aromatic carbocycles. The lowest BCUT2D eigenvalue weighted by molar-refractivity contribution is 0.411. The van der Waals surface area contributed by atoms with Crippen LogP contribution in [0.25, 0.3) is 5.57 Å². The van der Waals surface area contributed by atoms with Crippen molar-refractivity contribution in [3.8, 4) is 0 Å². The van der Waals surface area contributed by atoms with E-state index in [4.69, 9.17) is 0 Å². The van der Waals surface area contributed by atoms with Crippen molar-refractivity contribution < 1.29 is 0 Å². The molecule has 0 radical (unpaired) electrons. The molecule has 0 heteroatoms. The van der Waals surface area contributed by atoms with Crippen molar-refractivity contribution >= 4 is 5.57 Å². The van der Waals surface area contributed by atoms with Crippen molar-refractivity contribution in [1.82, 2.24) is 0 Å². The fourth-order valence-corrected chi connectivity index (χ4v) is 2.12. The fraction of sp³-hybridized carbons (Fsp3) is 0.278. The molecule has 0 heterocycles. The SMILES string of the molecule is C=C1C=CC(c2ccc(CC(C)(C)C)cc2)=C[CH-]1. The lowest BCUT2D eigenvalue weighted by Crippen LogP contribution is -2.08. The van der Waals surface area contributed by atoms with E-state index in [-0.39, 0.29) is 0 Å². The van der Waals surface area contributed by atoms with Crippen LogP contribution in [0, 0.1) is 11.8 Å². The van der Waals surface area contributed by atoms with Crippen LogP contribution in [0.3, 0.4) is 0 Å². The van der Waals surface area contributed by atoms with Crippen LogP contribution in [0.4, 0.5) is 0 Å². The van der Waals surface area contributed by atoms with Crippen LogP contribution >= 0.6 is 0 Å². The number of hydrogen-bond donors (Lipinski definition) is 0. The van der Waals surface area contributed by atoms with Crippen LogP contribution < -0.4 is 0 Å². The van der Waals surface area contributed by atoms with E-state index in [1.807, 2.05) is 0 Å². The van der Waals surface area contributed by atoms with Gasteiger partial charge in [0.15, 0.2) is 0 Å². The predicted molar refractivity (Wildman–Crippen MR) is 80.2 cm³/mol. The predicted octanol–water partition coefficient (Wildman–Crippen LogP) is 4.99. The monoisotopic (exact) mass is 237 g/mol. The first-order valence-electron chi connectivity index (χ1n) is 6.45. The topological polar surface area (TPSA) is 0 Å². The van der Waals surface area contributed by atoms with Gasteiger partial charge >= 0.3 is 0 Å². The van der Waals surface area contributed by atoms with Gasteiger partial charge in [0.05, 0.1) is 0 Å². The second-order valence-corrected chi connectivity index (χ2v) is 6.13. The first-order valence-corrected chi connectivity index (χ1v) is 6.45. The molecule has 0 aromatic heterocycles. The van der Waals surface area contributed by atoms with E-state index in [9.17, 15) is 0 Å². The standard InChI is InChI=1S/C18H21/c1-14-5-9-16(10-6-14)17-11-7-15(8-12-17)13-18(2,3)4/h5-12H,1,13H2,2-4H3/q-1. The van der Waals surface area contributed by atoms with Gasteiger partial charge in [-0.25, -0.2) is 0 Å². The first-order chi connectivity index (χ1) is 8.44. The van der Waals surface area contributed by atoms with Crippen LogP contribution in [0.15, 0.2) is 54.6 Å². The number of benzene rings is 1. The number of rotatable bonds is 2. The Kier molecular flexibility index (Phi) is 3.47. The van der Waals surface area contributed by atoms with Gasteiger partial charge in [-0.15, -0.1) is 24.6 Å². The summed E-state index contributed by atoms with van der Waals surface area (Å²) in [5, 5.41) is 0. The van der Waals surface area contributed by atoms with Gasteiger partial charge in [0.1, 0.15) is 0 Å². The first kappa shape index (κ1) is 12.8. The average Bonchev–Trinajstić information content (AvgIpc) is 2.29. The average molecular weight is 237 g/mol. The molecule has 0 unspecified atom stereocenters. The Morgan fingerprint density at radius 1 is 1.06 bits per heavy atom. The van der Waals surface area contributed by atoms with E-state index in [1.54, 1.807) is 0 Å². The Balaban J connectivity index is 2.13. The van der Waals surface area contributed by atoms with Gasteiger partial charge in [0, 0.05) is 0 Å². The molecule has 0 N–H and O–H groups in total. The van der Waals surface area contributed by atoms with Gasteiger partial charge in [-0.3, -0.25) is 0 Å². The lowest BCUT2D eigenvalue weighted by atomic mass is 9.87. The van der Waals surface area contributed by atoms with E-state index in [1.165, 1.54) is 16.7 Å². The van der Waals surface area contributed by atoms with Crippen molar-refractivity contribution in [2.45, 2.75) is 27.2 Å². The highest BCUT2D eigenvalue weighted by atomic mass is 14.2. The van der Waals surface area contributed by atoms with Gasteiger partial charge in [-0.1, -0.05) is 56.2 Å². The number of hydrogen-bond acceptors (Lipinski definition) is 0. The smallest absolute Gasteiger partial charge is 0.0230 e. The van der Waals surface area contributed by atoms with Crippen LogP contribution in [0.1, 0.15) is 31.9 Å². The summed E-state index contributed by atoms with van der Waals surface area (Å²) >= 11 is 0. The summed E-state index contributed by atoms with van der Waals surface area (Å²) in [6.07, 6.45) is 9.48. The summed E-state index contributed by atoms with van der Waals surface area (Å²) in [6.45, 7) is 10.7. The zero-order valence-corrected chi connectivity index (χ0v) is 11.5. The molecule has 94 valence electrons. The van der Waals surface area contributed by atoms with Crippen molar-refractivity contribution in [1.29, 1.82) is 0 Å². The van der Waals surface area contributed by atoms with Gasteiger partial charge in [-0.2, -0.15) is 12.2 Å². The lowest BCUT2D eigenvalue weighted by Gasteiger charge is -2.19. The summed E-state index contributed by atoms with van der Waals surface area (Å²) in [4.78, 5) is 0. The maximum atomic E-state index is 3.91. The molecular formula is C18H21-. The highest BCUT2D eigenvalue weighted by Gasteiger charge is 2.10. The van der Waals surface area contributed by atoms with E-state index >= 15 is 0 Å². The number of allylic oxidation sites excluding steroid dienone is 5. The Labute approximate surface area is 111 Å². The Hall–Kier alpha value is -1.69. The molecule has 0 aliphatic heterocycles. The molecule has 18 heavy (non-hydrogen) atoms. The van der Waals surface area contributed by atoms with Crippen molar-refractivity contribution in [3.63, 3.8) is 0 Å². The molecule has 0 spiro atoms. The summed E-state index contributed by atoms with van der Waals surface area (Å²) in [5.74, 6) is 0. The Morgan fingerprint density at radius 2 is 1.72 bits per heavy atom. The molecule has 0 amide bonds. The molecule has 0 fully saturated rings. The van der Waals surface area contributed by atoms with Gasteiger partial charge < -0.3 is 0 Å². The molecule has 2 rings (SSSR count). The van der Waals surface area contributed by atoms with Gasteiger partial charge in [0.2, 0.25) is 0 Å². The Bertz CT molecular complexity index is 490. The molecule has 1 aliphatic rings. The highest BCUT2D eigenvalue weighted by Crippen LogP contribution is 2.25. The molecule has 0 bridgehead atoms. The zero-order chi connectivity index (χ0) is 13.2. The second-order valence-electron chi connectivity index (χ2n) is 6.13. The van der Waals surface area contributed by atoms with Gasteiger partial charge in [0.25, 0.3) is 0 Å². The fourth-order valence-electron chi connectivity index (χ4n) is 2.12. The summed E-state index contributed by atoms with van der Waals surface area (Å²) in [5.41, 5.74) is 5.33. The van der Waals surface area contributed by atoms with E-state index < -0.39 is 0 Å². The molecule has 0 nitrogen and oxygen atoms in total.